The van der Waals surface area contributed by atoms with Crippen LogP contribution >= 0.6 is 12.4 Å². The number of nitrogens with one attached hydrogen (secondary N) is 2. The van der Waals surface area contributed by atoms with E-state index in [0.29, 0.717) is 17.3 Å². The van der Waals surface area contributed by atoms with Crippen molar-refractivity contribution in [3.8, 4) is 11.3 Å². The van der Waals surface area contributed by atoms with Gasteiger partial charge in [0.15, 0.2) is 0 Å². The molecule has 0 saturated carbocycles. The zero-order chi connectivity index (χ0) is 16.9. The van der Waals surface area contributed by atoms with Crippen LogP contribution in [0.4, 0.5) is 4.39 Å². The van der Waals surface area contributed by atoms with Gasteiger partial charge in [0.1, 0.15) is 11.5 Å². The minimum atomic E-state index is -0.285. The average molecular weight is 367 g/mol. The summed E-state index contributed by atoms with van der Waals surface area (Å²) in [5.41, 5.74) is 1.93. The van der Waals surface area contributed by atoms with Crippen LogP contribution in [0.1, 0.15) is 29.8 Å². The molecule has 1 amide bonds. The van der Waals surface area contributed by atoms with Crippen molar-refractivity contribution in [2.45, 2.75) is 19.3 Å². The molecule has 0 radical (unpaired) electrons. The lowest BCUT2D eigenvalue weighted by Crippen LogP contribution is -2.39. The van der Waals surface area contributed by atoms with Gasteiger partial charge in [0.05, 0.1) is 5.69 Å². The largest absolute Gasteiger partial charge is 0.337 e. The number of H-pyrrole nitrogens is 1. The fourth-order valence-corrected chi connectivity index (χ4v) is 3.14. The summed E-state index contributed by atoms with van der Waals surface area (Å²) in [7, 11) is 1.97. The lowest BCUT2D eigenvalue weighted by Gasteiger charge is -2.31. The molecule has 136 valence electrons. The van der Waals surface area contributed by atoms with Crippen molar-refractivity contribution in [1.82, 2.24) is 20.4 Å². The van der Waals surface area contributed by atoms with Crippen LogP contribution in [-0.2, 0) is 0 Å². The van der Waals surface area contributed by atoms with E-state index in [0.717, 1.165) is 44.5 Å². The number of hydrogen-bond donors (Lipinski definition) is 2. The minimum absolute atomic E-state index is 0. The van der Waals surface area contributed by atoms with Gasteiger partial charge in [-0.05, 0) is 69.1 Å². The summed E-state index contributed by atoms with van der Waals surface area (Å²) < 4.78 is 13.0. The molecule has 1 aromatic carbocycles. The molecule has 1 aliphatic rings. The van der Waals surface area contributed by atoms with E-state index in [1.807, 2.05) is 11.9 Å². The molecule has 5 nitrogen and oxygen atoms in total. The highest BCUT2D eigenvalue weighted by molar-refractivity contribution is 5.93. The Kier molecular flexibility index (Phi) is 6.96. The molecule has 1 aromatic heterocycles. The summed E-state index contributed by atoms with van der Waals surface area (Å²) in [6, 6.07) is 7.84. The van der Waals surface area contributed by atoms with Crippen LogP contribution in [0.25, 0.3) is 11.3 Å². The molecule has 3 rings (SSSR count). The summed E-state index contributed by atoms with van der Waals surface area (Å²) in [5, 5.41) is 10.2. The third-order valence-electron chi connectivity index (χ3n) is 4.65. The first-order valence-electron chi connectivity index (χ1n) is 8.42. The maximum atomic E-state index is 13.0. The van der Waals surface area contributed by atoms with Crippen LogP contribution in [0, 0.1) is 11.7 Å². The Hall–Kier alpha value is -1.92. The molecule has 1 fully saturated rings. The third kappa shape index (κ3) is 4.80. The highest BCUT2D eigenvalue weighted by Gasteiger charge is 2.24. The Labute approximate surface area is 153 Å². The quantitative estimate of drug-likeness (QED) is 0.854. The number of likely N-dealkylation sites (tertiary alicyclic amines) is 1. The van der Waals surface area contributed by atoms with Crippen molar-refractivity contribution in [3.63, 3.8) is 0 Å². The van der Waals surface area contributed by atoms with Gasteiger partial charge < -0.3 is 10.2 Å². The predicted octanol–water partition coefficient (Wildman–Crippen LogP) is 3.10. The number of carbonyl (C=O) groups is 1. The molecule has 2 N–H and O–H groups in total. The van der Waals surface area contributed by atoms with E-state index >= 15 is 0 Å². The van der Waals surface area contributed by atoms with Gasteiger partial charge in [-0.1, -0.05) is 0 Å². The monoisotopic (exact) mass is 366 g/mol. The number of hydrogen-bond acceptors (Lipinski definition) is 3. The van der Waals surface area contributed by atoms with E-state index in [9.17, 15) is 9.18 Å². The first kappa shape index (κ1) is 19.4. The van der Waals surface area contributed by atoms with E-state index < -0.39 is 0 Å². The zero-order valence-electron chi connectivity index (χ0n) is 14.3. The van der Waals surface area contributed by atoms with Crippen LogP contribution in [0.5, 0.6) is 0 Å². The van der Waals surface area contributed by atoms with Crippen molar-refractivity contribution in [1.29, 1.82) is 0 Å². The first-order chi connectivity index (χ1) is 11.7. The van der Waals surface area contributed by atoms with E-state index in [2.05, 4.69) is 15.5 Å². The van der Waals surface area contributed by atoms with E-state index in [4.69, 9.17) is 0 Å². The zero-order valence-corrected chi connectivity index (χ0v) is 15.1. The Bertz CT molecular complexity index is 681. The summed E-state index contributed by atoms with van der Waals surface area (Å²) in [5.74, 6) is 0.396. The van der Waals surface area contributed by atoms with E-state index in [1.165, 1.54) is 12.1 Å². The van der Waals surface area contributed by atoms with Gasteiger partial charge >= 0.3 is 0 Å². The highest BCUT2D eigenvalue weighted by Crippen LogP contribution is 2.23. The maximum Gasteiger partial charge on any atom is 0.271 e. The average Bonchev–Trinajstić information content (AvgIpc) is 3.10. The molecule has 0 aliphatic carbocycles. The maximum absolute atomic E-state index is 13.0. The van der Waals surface area contributed by atoms with Crippen molar-refractivity contribution in [3.05, 3.63) is 41.8 Å². The molecule has 0 bridgehead atoms. The van der Waals surface area contributed by atoms with Crippen molar-refractivity contribution >= 4 is 18.3 Å². The summed E-state index contributed by atoms with van der Waals surface area (Å²) in [4.78, 5) is 14.5. The number of nitrogens with zero attached hydrogens (tertiary/aromatic N) is 2. The molecule has 2 heterocycles. The van der Waals surface area contributed by atoms with Crippen LogP contribution in [0.2, 0.25) is 0 Å². The van der Waals surface area contributed by atoms with E-state index in [-0.39, 0.29) is 24.1 Å². The van der Waals surface area contributed by atoms with E-state index in [1.54, 1.807) is 18.2 Å². The molecule has 1 saturated heterocycles. The summed E-state index contributed by atoms with van der Waals surface area (Å²) in [6.07, 6.45) is 3.26. The number of aromatic nitrogens is 2. The molecule has 2 aromatic rings. The van der Waals surface area contributed by atoms with Gasteiger partial charge in [0.25, 0.3) is 5.91 Å². The third-order valence-corrected chi connectivity index (χ3v) is 4.65. The molecular weight excluding hydrogens is 343 g/mol. The normalized spacial score (nSPS) is 15.0. The second kappa shape index (κ2) is 8.97. The van der Waals surface area contributed by atoms with Gasteiger partial charge in [0, 0.05) is 18.7 Å². The molecule has 0 unspecified atom stereocenters. The fourth-order valence-electron chi connectivity index (χ4n) is 3.14. The van der Waals surface area contributed by atoms with Gasteiger partial charge in [-0.2, -0.15) is 5.10 Å². The Morgan fingerprint density at radius 2 is 2.00 bits per heavy atom. The van der Waals surface area contributed by atoms with Crippen LogP contribution in [0.3, 0.4) is 0 Å². The minimum Gasteiger partial charge on any atom is -0.337 e. The standard InChI is InChI=1S/C18H23FN4O.ClH/c1-20-9-6-13-7-10-23(11-8-13)18(24)17-12-16(21-22-17)14-2-4-15(19)5-3-14;/h2-5,12-13,20H,6-11H2,1H3,(H,21,22);1H. The second-order valence-corrected chi connectivity index (χ2v) is 6.30. The van der Waals surface area contributed by atoms with Gasteiger partial charge in [-0.15, -0.1) is 12.4 Å². The number of amides is 1. The van der Waals surface area contributed by atoms with Crippen molar-refractivity contribution in [2.75, 3.05) is 26.7 Å². The number of carbonyl (C=O) groups excluding carboxylic acids is 1. The van der Waals surface area contributed by atoms with Crippen molar-refractivity contribution in [2.24, 2.45) is 5.92 Å². The van der Waals surface area contributed by atoms with Gasteiger partial charge in [-0.3, -0.25) is 9.89 Å². The Morgan fingerprint density at radius 3 is 2.64 bits per heavy atom. The molecular formula is C18H24ClFN4O. The summed E-state index contributed by atoms with van der Waals surface area (Å²) in [6.45, 7) is 2.61. The molecule has 0 atom stereocenters. The number of benzene rings is 1. The lowest BCUT2D eigenvalue weighted by atomic mass is 9.93. The van der Waals surface area contributed by atoms with Gasteiger partial charge in [0.2, 0.25) is 0 Å². The van der Waals surface area contributed by atoms with Crippen LogP contribution in [0.15, 0.2) is 30.3 Å². The Balaban J connectivity index is 0.00000225. The second-order valence-electron chi connectivity index (χ2n) is 6.30. The fraction of sp³-hybridized carbons (Fsp3) is 0.444. The smallest absolute Gasteiger partial charge is 0.271 e. The Morgan fingerprint density at radius 1 is 1.32 bits per heavy atom. The highest BCUT2D eigenvalue weighted by atomic mass is 35.5. The molecule has 0 spiro atoms. The number of halogens is 2. The molecule has 1 aliphatic heterocycles. The number of rotatable bonds is 5. The summed E-state index contributed by atoms with van der Waals surface area (Å²) >= 11 is 0. The molecule has 7 heteroatoms. The lowest BCUT2D eigenvalue weighted by molar-refractivity contribution is 0.0681. The number of piperidine rings is 1. The van der Waals surface area contributed by atoms with Gasteiger partial charge in [-0.25, -0.2) is 4.39 Å². The SMILES string of the molecule is CNCCC1CCN(C(=O)c2cc(-c3ccc(F)cc3)n[nH]2)CC1.Cl. The van der Waals surface area contributed by atoms with Crippen molar-refractivity contribution < 1.29 is 9.18 Å². The number of aromatic amines is 1. The van der Waals surface area contributed by atoms with Crippen LogP contribution in [-0.4, -0.2) is 47.7 Å². The molecule has 25 heavy (non-hydrogen) atoms. The first-order valence-corrected chi connectivity index (χ1v) is 8.42. The predicted molar refractivity (Wildman–Crippen MR) is 98.4 cm³/mol. The topological polar surface area (TPSA) is 61.0 Å². The van der Waals surface area contributed by atoms with Crippen LogP contribution < -0.4 is 5.32 Å².